The Kier molecular flexibility index (Phi) is 9.12. The van der Waals surface area contributed by atoms with Crippen LogP contribution >= 0.6 is 11.3 Å². The van der Waals surface area contributed by atoms with E-state index < -0.39 is 6.10 Å². The molecule has 0 aliphatic rings. The second-order valence-corrected chi connectivity index (χ2v) is 8.37. The average molecular weight is 428 g/mol. The molecule has 2 unspecified atom stereocenters. The van der Waals surface area contributed by atoms with E-state index >= 15 is 0 Å². The number of benzene rings is 2. The molecule has 2 aromatic carbocycles. The van der Waals surface area contributed by atoms with Crippen LogP contribution in [0.4, 0.5) is 0 Å². The first-order valence-electron chi connectivity index (χ1n) is 9.95. The highest BCUT2D eigenvalue weighted by Gasteiger charge is 2.18. The molecule has 0 fully saturated rings. The number of thiophene rings is 1. The number of aliphatic hydroxyl groups is 1. The number of hydrogen-bond acceptors (Lipinski definition) is 2. The summed E-state index contributed by atoms with van der Waals surface area (Å²) in [6.07, 6.45) is 1.81. The van der Waals surface area contributed by atoms with Crippen LogP contribution in [0.25, 0.3) is 5.57 Å². The van der Waals surface area contributed by atoms with Gasteiger partial charge in [0.15, 0.2) is 0 Å². The molecule has 29 heavy (non-hydrogen) atoms. The maximum Gasteiger partial charge on any atom is 0.130 e. The number of halogens is 1. The van der Waals surface area contributed by atoms with E-state index in [0.717, 1.165) is 12.1 Å². The second-order valence-electron chi connectivity index (χ2n) is 7.59. The van der Waals surface area contributed by atoms with E-state index in [1.54, 1.807) is 11.3 Å². The van der Waals surface area contributed by atoms with E-state index in [9.17, 15) is 5.11 Å². The molecule has 2 atom stereocenters. The van der Waals surface area contributed by atoms with Gasteiger partial charge in [0, 0.05) is 0 Å². The van der Waals surface area contributed by atoms with Gasteiger partial charge in [-0.1, -0.05) is 68.4 Å². The van der Waals surface area contributed by atoms with Crippen molar-refractivity contribution in [2.45, 2.75) is 38.8 Å². The van der Waals surface area contributed by atoms with Crippen LogP contribution < -0.4 is 17.7 Å². The molecule has 0 radical (unpaired) electrons. The maximum atomic E-state index is 10.6. The van der Waals surface area contributed by atoms with Crippen LogP contribution in [0.15, 0.2) is 77.5 Å². The zero-order valence-electron chi connectivity index (χ0n) is 17.3. The van der Waals surface area contributed by atoms with Gasteiger partial charge in [-0.05, 0) is 63.6 Å². The minimum absolute atomic E-state index is 0. The van der Waals surface area contributed by atoms with Gasteiger partial charge in [0.1, 0.15) is 12.1 Å². The Morgan fingerprint density at radius 3 is 2.21 bits per heavy atom. The normalized spacial score (nSPS) is 13.8. The first-order chi connectivity index (χ1) is 13.6. The number of quaternary nitrogens is 1. The number of rotatable bonds is 8. The van der Waals surface area contributed by atoms with Gasteiger partial charge in [-0.15, -0.1) is 0 Å². The molecule has 1 aromatic heterocycles. The lowest BCUT2D eigenvalue weighted by Crippen LogP contribution is -3.00. The summed E-state index contributed by atoms with van der Waals surface area (Å²) >= 11 is 1.72. The van der Waals surface area contributed by atoms with Crippen molar-refractivity contribution < 1.29 is 22.8 Å². The lowest BCUT2D eigenvalue weighted by molar-refractivity contribution is -0.686. The van der Waals surface area contributed by atoms with Crippen LogP contribution in [-0.2, 0) is 0 Å². The van der Waals surface area contributed by atoms with E-state index in [1.165, 1.54) is 22.3 Å². The molecule has 0 aliphatic carbocycles. The zero-order valence-corrected chi connectivity index (χ0v) is 18.8. The zero-order chi connectivity index (χ0) is 19.9. The molecule has 3 N–H and O–H groups in total. The third-order valence-corrected chi connectivity index (χ3v) is 5.87. The fourth-order valence-corrected chi connectivity index (χ4v) is 4.01. The summed E-state index contributed by atoms with van der Waals surface area (Å²) in [5.41, 5.74) is 6.09. The minimum atomic E-state index is -0.468. The lowest BCUT2D eigenvalue weighted by Gasteiger charge is -2.17. The van der Waals surface area contributed by atoms with Crippen molar-refractivity contribution >= 4 is 16.9 Å². The highest BCUT2D eigenvalue weighted by molar-refractivity contribution is 7.08. The van der Waals surface area contributed by atoms with E-state index in [-0.39, 0.29) is 18.4 Å². The number of aliphatic hydroxyl groups excluding tert-OH is 1. The molecule has 0 spiro atoms. The highest BCUT2D eigenvalue weighted by atomic mass is 35.5. The monoisotopic (exact) mass is 427 g/mol. The summed E-state index contributed by atoms with van der Waals surface area (Å²) in [7, 11) is 0. The van der Waals surface area contributed by atoms with E-state index in [1.807, 2.05) is 30.3 Å². The van der Waals surface area contributed by atoms with E-state index in [2.05, 4.69) is 73.3 Å². The maximum absolute atomic E-state index is 10.6. The van der Waals surface area contributed by atoms with Crippen molar-refractivity contribution in [2.24, 2.45) is 0 Å². The Hall–Kier alpha value is -1.91. The van der Waals surface area contributed by atoms with Crippen molar-refractivity contribution in [3.8, 4) is 0 Å². The molecule has 0 aliphatic heterocycles. The molecule has 0 saturated heterocycles. The van der Waals surface area contributed by atoms with Crippen molar-refractivity contribution in [2.75, 3.05) is 6.54 Å². The van der Waals surface area contributed by atoms with Gasteiger partial charge in [0.2, 0.25) is 0 Å². The van der Waals surface area contributed by atoms with Crippen LogP contribution in [-0.4, -0.2) is 17.7 Å². The third-order valence-electron chi connectivity index (χ3n) is 5.19. The SMILES string of the molecule is CC(C)c1ccc(/C(=C\C[NH2+]C(C)C(O)c2ccccc2)c2ccsc2)cc1.[Cl-]. The summed E-state index contributed by atoms with van der Waals surface area (Å²) in [6, 6.07) is 21.1. The highest BCUT2D eigenvalue weighted by Crippen LogP contribution is 2.26. The van der Waals surface area contributed by atoms with Crippen molar-refractivity contribution in [1.82, 2.24) is 0 Å². The Morgan fingerprint density at radius 2 is 1.62 bits per heavy atom. The van der Waals surface area contributed by atoms with Gasteiger partial charge in [-0.3, -0.25) is 0 Å². The molecule has 3 rings (SSSR count). The fraction of sp³-hybridized carbons (Fsp3) is 0.280. The van der Waals surface area contributed by atoms with Crippen LogP contribution in [0.5, 0.6) is 0 Å². The summed E-state index contributed by atoms with van der Waals surface area (Å²) in [4.78, 5) is 0. The lowest BCUT2D eigenvalue weighted by atomic mass is 9.96. The summed E-state index contributed by atoms with van der Waals surface area (Å²) in [5.74, 6) is 0.538. The van der Waals surface area contributed by atoms with E-state index in [4.69, 9.17) is 0 Å². The molecular formula is C25H30ClNOS. The molecule has 1 heterocycles. The van der Waals surface area contributed by atoms with Crippen LogP contribution in [0.1, 0.15) is 55.0 Å². The van der Waals surface area contributed by atoms with Gasteiger partial charge in [0.05, 0.1) is 6.54 Å². The summed E-state index contributed by atoms with van der Waals surface area (Å²) < 4.78 is 0. The largest absolute Gasteiger partial charge is 1.00 e. The average Bonchev–Trinajstić information content (AvgIpc) is 3.25. The van der Waals surface area contributed by atoms with E-state index in [0.29, 0.717) is 5.92 Å². The predicted molar refractivity (Wildman–Crippen MR) is 120 cm³/mol. The molecular weight excluding hydrogens is 398 g/mol. The Bertz CT molecular complexity index is 873. The predicted octanol–water partition coefficient (Wildman–Crippen LogP) is 1.99. The molecule has 0 bridgehead atoms. The Morgan fingerprint density at radius 1 is 0.931 bits per heavy atom. The van der Waals surface area contributed by atoms with Crippen molar-refractivity contribution in [3.63, 3.8) is 0 Å². The Labute approximate surface area is 184 Å². The van der Waals surface area contributed by atoms with Crippen LogP contribution in [0, 0.1) is 0 Å². The Balaban J connectivity index is 0.00000300. The van der Waals surface area contributed by atoms with Gasteiger partial charge in [0.25, 0.3) is 0 Å². The molecule has 4 heteroatoms. The van der Waals surface area contributed by atoms with Crippen molar-refractivity contribution in [1.29, 1.82) is 0 Å². The summed E-state index contributed by atoms with van der Waals surface area (Å²) in [5, 5.41) is 17.1. The number of hydrogen-bond donors (Lipinski definition) is 2. The molecule has 3 aromatic rings. The number of nitrogens with two attached hydrogens (primary N) is 1. The topological polar surface area (TPSA) is 36.8 Å². The first-order valence-corrected chi connectivity index (χ1v) is 10.9. The van der Waals surface area contributed by atoms with Gasteiger partial charge >= 0.3 is 0 Å². The van der Waals surface area contributed by atoms with Crippen LogP contribution in [0.3, 0.4) is 0 Å². The van der Waals surface area contributed by atoms with Crippen molar-refractivity contribution in [3.05, 3.63) is 99.8 Å². The van der Waals surface area contributed by atoms with Crippen LogP contribution in [0.2, 0.25) is 0 Å². The molecule has 0 saturated carbocycles. The first kappa shape index (κ1) is 23.4. The summed E-state index contributed by atoms with van der Waals surface area (Å²) in [6.45, 7) is 7.34. The smallest absolute Gasteiger partial charge is 0.130 e. The fourth-order valence-electron chi connectivity index (χ4n) is 3.35. The standard InChI is InChI=1S/C25H29NOS.ClH/c1-18(2)20-9-11-21(12-10-20)24(23-14-16-28-17-23)13-15-26-19(3)25(27)22-7-5-4-6-8-22;/h4-14,16-19,25-27H,15H2,1-3H3;1H/b24-13+;. The van der Waals surface area contributed by atoms with Gasteiger partial charge < -0.3 is 22.8 Å². The molecule has 2 nitrogen and oxygen atoms in total. The molecule has 154 valence electrons. The second kappa shape index (κ2) is 11.3. The minimum Gasteiger partial charge on any atom is -1.00 e. The van der Waals surface area contributed by atoms with Gasteiger partial charge in [-0.25, -0.2) is 0 Å². The third kappa shape index (κ3) is 6.28. The molecule has 0 amide bonds. The van der Waals surface area contributed by atoms with Gasteiger partial charge in [-0.2, -0.15) is 11.3 Å². The quantitative estimate of drug-likeness (QED) is 0.566.